The molecule has 6 heteroatoms. The number of nitrogens with zero attached hydrogens (tertiary/aromatic N) is 3. The first kappa shape index (κ1) is 13.5. The minimum Gasteiger partial charge on any atom is -0.349 e. The van der Waals surface area contributed by atoms with Crippen molar-refractivity contribution in [3.63, 3.8) is 0 Å². The van der Waals surface area contributed by atoms with Crippen LogP contribution in [0.25, 0.3) is 5.69 Å². The van der Waals surface area contributed by atoms with E-state index in [1.165, 1.54) is 0 Å². The van der Waals surface area contributed by atoms with Gasteiger partial charge in [0.25, 0.3) is 5.91 Å². The Morgan fingerprint density at radius 2 is 1.95 bits per heavy atom. The van der Waals surface area contributed by atoms with Crippen LogP contribution in [0.1, 0.15) is 36.0 Å². The first-order valence-corrected chi connectivity index (χ1v) is 7.67. The first-order valence-electron chi connectivity index (χ1n) is 7.67. The summed E-state index contributed by atoms with van der Waals surface area (Å²) >= 11 is 0. The van der Waals surface area contributed by atoms with E-state index in [0.717, 1.165) is 31.4 Å². The summed E-state index contributed by atoms with van der Waals surface area (Å²) in [5.74, 6) is -0.00591. The van der Waals surface area contributed by atoms with Crippen molar-refractivity contribution in [3.8, 4) is 5.69 Å². The highest BCUT2D eigenvalue weighted by Gasteiger charge is 2.52. The summed E-state index contributed by atoms with van der Waals surface area (Å²) in [6, 6.07) is 8.06. The molecule has 0 aliphatic heterocycles. The third kappa shape index (κ3) is 2.29. The van der Waals surface area contributed by atoms with Crippen LogP contribution in [0.3, 0.4) is 0 Å². The summed E-state index contributed by atoms with van der Waals surface area (Å²) in [5.41, 5.74) is 7.86. The van der Waals surface area contributed by atoms with Crippen molar-refractivity contribution in [2.75, 3.05) is 0 Å². The van der Waals surface area contributed by atoms with Gasteiger partial charge in [0.05, 0.1) is 18.1 Å². The fourth-order valence-electron chi connectivity index (χ4n) is 3.85. The van der Waals surface area contributed by atoms with Crippen molar-refractivity contribution < 1.29 is 4.79 Å². The van der Waals surface area contributed by atoms with Crippen molar-refractivity contribution in [3.05, 3.63) is 42.2 Å². The zero-order valence-corrected chi connectivity index (χ0v) is 12.3. The maximum Gasteiger partial charge on any atom is 0.251 e. The second-order valence-corrected chi connectivity index (χ2v) is 6.64. The molecule has 1 amide bonds. The molecule has 1 spiro atoms. The Kier molecular flexibility index (Phi) is 3.00. The predicted octanol–water partition coefficient (Wildman–Crippen LogP) is 1.27. The molecule has 0 bridgehead atoms. The predicted molar refractivity (Wildman–Crippen MR) is 81.5 cm³/mol. The van der Waals surface area contributed by atoms with E-state index < -0.39 is 0 Å². The number of hydrogen-bond acceptors (Lipinski definition) is 4. The standard InChI is InChI=1S/C16H19N5O/c17-12-7-16(8-12)9-13(10-16)19-15(22)11-1-3-14(4-2-11)21-6-5-18-20-21/h1-6,12-13H,7-10,17H2,(H,19,22). The van der Waals surface area contributed by atoms with Gasteiger partial charge < -0.3 is 11.1 Å². The monoisotopic (exact) mass is 297 g/mol. The van der Waals surface area contributed by atoms with E-state index >= 15 is 0 Å². The lowest BCUT2D eigenvalue weighted by Crippen LogP contribution is -2.59. The molecule has 22 heavy (non-hydrogen) atoms. The van der Waals surface area contributed by atoms with Gasteiger partial charge in [0, 0.05) is 17.6 Å². The van der Waals surface area contributed by atoms with E-state index in [1.807, 2.05) is 24.3 Å². The van der Waals surface area contributed by atoms with Gasteiger partial charge in [0.15, 0.2) is 0 Å². The van der Waals surface area contributed by atoms with Crippen LogP contribution in [0.2, 0.25) is 0 Å². The summed E-state index contributed by atoms with van der Waals surface area (Å²) in [4.78, 5) is 12.3. The molecule has 3 N–H and O–H groups in total. The zero-order chi connectivity index (χ0) is 15.2. The van der Waals surface area contributed by atoms with Crippen LogP contribution in [-0.4, -0.2) is 33.0 Å². The Morgan fingerprint density at radius 3 is 2.55 bits per heavy atom. The maximum atomic E-state index is 12.3. The molecule has 2 fully saturated rings. The minimum absolute atomic E-state index is 0.00591. The lowest BCUT2D eigenvalue weighted by Gasteiger charge is -2.57. The zero-order valence-electron chi connectivity index (χ0n) is 12.3. The van der Waals surface area contributed by atoms with Gasteiger partial charge in [-0.2, -0.15) is 0 Å². The summed E-state index contributed by atoms with van der Waals surface area (Å²) in [6.45, 7) is 0. The molecule has 2 aromatic rings. The molecule has 4 rings (SSSR count). The quantitative estimate of drug-likeness (QED) is 0.893. The molecule has 0 atom stereocenters. The first-order chi connectivity index (χ1) is 10.6. The van der Waals surface area contributed by atoms with Crippen molar-refractivity contribution in [2.45, 2.75) is 37.8 Å². The van der Waals surface area contributed by atoms with Crippen LogP contribution in [-0.2, 0) is 0 Å². The molecule has 1 aromatic heterocycles. The van der Waals surface area contributed by atoms with Crippen LogP contribution in [0.15, 0.2) is 36.7 Å². The van der Waals surface area contributed by atoms with Crippen LogP contribution in [0.4, 0.5) is 0 Å². The van der Waals surface area contributed by atoms with Gasteiger partial charge >= 0.3 is 0 Å². The van der Waals surface area contributed by atoms with Gasteiger partial charge in [-0.25, -0.2) is 4.68 Å². The number of nitrogens with one attached hydrogen (secondary N) is 1. The van der Waals surface area contributed by atoms with Gasteiger partial charge in [-0.3, -0.25) is 4.79 Å². The smallest absolute Gasteiger partial charge is 0.251 e. The molecule has 1 heterocycles. The lowest BCUT2D eigenvalue weighted by atomic mass is 9.52. The minimum atomic E-state index is -0.00591. The summed E-state index contributed by atoms with van der Waals surface area (Å²) < 4.78 is 1.66. The van der Waals surface area contributed by atoms with Gasteiger partial charge in [0.1, 0.15) is 0 Å². The molecule has 0 saturated heterocycles. The largest absolute Gasteiger partial charge is 0.349 e. The Morgan fingerprint density at radius 1 is 1.23 bits per heavy atom. The Bertz CT molecular complexity index is 665. The fraction of sp³-hybridized carbons (Fsp3) is 0.438. The van der Waals surface area contributed by atoms with Crippen LogP contribution in [0.5, 0.6) is 0 Å². The molecule has 1 aromatic carbocycles. The van der Waals surface area contributed by atoms with Gasteiger partial charge in [-0.05, 0) is 55.4 Å². The molecule has 2 saturated carbocycles. The number of nitrogens with two attached hydrogens (primary N) is 1. The maximum absolute atomic E-state index is 12.3. The number of amides is 1. The van der Waals surface area contributed by atoms with E-state index in [9.17, 15) is 4.79 Å². The average Bonchev–Trinajstić information content (AvgIpc) is 2.97. The normalized spacial score (nSPS) is 29.7. The molecular weight excluding hydrogens is 278 g/mol. The highest BCUT2D eigenvalue weighted by atomic mass is 16.1. The average molecular weight is 297 g/mol. The van der Waals surface area contributed by atoms with E-state index in [0.29, 0.717) is 23.1 Å². The van der Waals surface area contributed by atoms with Crippen molar-refractivity contribution in [1.82, 2.24) is 20.3 Å². The second kappa shape index (κ2) is 4.91. The third-order valence-corrected chi connectivity index (χ3v) is 4.90. The number of carbonyl (C=O) groups is 1. The van der Waals surface area contributed by atoms with Gasteiger partial charge in [-0.1, -0.05) is 5.21 Å². The van der Waals surface area contributed by atoms with Gasteiger partial charge in [-0.15, -0.1) is 5.10 Å². The molecule has 0 unspecified atom stereocenters. The van der Waals surface area contributed by atoms with E-state index in [4.69, 9.17) is 5.73 Å². The number of aromatic nitrogens is 3. The topological polar surface area (TPSA) is 85.8 Å². The van der Waals surface area contributed by atoms with E-state index in [1.54, 1.807) is 17.1 Å². The second-order valence-electron chi connectivity index (χ2n) is 6.64. The number of benzene rings is 1. The van der Waals surface area contributed by atoms with E-state index in [-0.39, 0.29) is 5.91 Å². The van der Waals surface area contributed by atoms with Gasteiger partial charge in [0.2, 0.25) is 0 Å². The summed E-state index contributed by atoms with van der Waals surface area (Å²) in [5, 5.41) is 10.8. The molecule has 114 valence electrons. The molecule has 6 nitrogen and oxygen atoms in total. The highest BCUT2D eigenvalue weighted by molar-refractivity contribution is 5.94. The van der Waals surface area contributed by atoms with Crippen LogP contribution >= 0.6 is 0 Å². The summed E-state index contributed by atoms with van der Waals surface area (Å²) in [7, 11) is 0. The van der Waals surface area contributed by atoms with Crippen LogP contribution < -0.4 is 11.1 Å². The van der Waals surface area contributed by atoms with E-state index in [2.05, 4.69) is 15.6 Å². The molecule has 0 radical (unpaired) electrons. The summed E-state index contributed by atoms with van der Waals surface area (Å²) in [6.07, 6.45) is 7.77. The Hall–Kier alpha value is -2.21. The van der Waals surface area contributed by atoms with Crippen molar-refractivity contribution in [2.24, 2.45) is 11.1 Å². The van der Waals surface area contributed by atoms with Crippen molar-refractivity contribution in [1.29, 1.82) is 0 Å². The Balaban J connectivity index is 1.35. The lowest BCUT2D eigenvalue weighted by molar-refractivity contribution is -0.0159. The number of carbonyl (C=O) groups excluding carboxylic acids is 1. The Labute approximate surface area is 128 Å². The van der Waals surface area contributed by atoms with Crippen LogP contribution in [0, 0.1) is 5.41 Å². The molecule has 2 aliphatic rings. The molecular formula is C16H19N5O. The molecule has 2 aliphatic carbocycles. The third-order valence-electron chi connectivity index (χ3n) is 4.90. The number of hydrogen-bond donors (Lipinski definition) is 2. The number of rotatable bonds is 3. The van der Waals surface area contributed by atoms with Crippen molar-refractivity contribution >= 4 is 5.91 Å². The highest BCUT2D eigenvalue weighted by Crippen LogP contribution is 2.55. The SMILES string of the molecule is NC1CC2(C1)CC(NC(=O)c1ccc(-n3ccnn3)cc1)C2. The fourth-order valence-corrected chi connectivity index (χ4v) is 3.85.